The molecule has 0 aromatic heterocycles. The van der Waals surface area contributed by atoms with E-state index in [1.54, 1.807) is 30.3 Å². The van der Waals surface area contributed by atoms with E-state index in [2.05, 4.69) is 5.32 Å². The highest BCUT2D eigenvalue weighted by Gasteiger charge is 2.09. The topological polar surface area (TPSA) is 55.4 Å². The second-order valence-corrected chi connectivity index (χ2v) is 6.23. The van der Waals surface area contributed by atoms with Crippen LogP contribution >= 0.6 is 23.4 Å². The van der Waals surface area contributed by atoms with Gasteiger partial charge in [-0.15, -0.1) is 11.8 Å². The van der Waals surface area contributed by atoms with Crippen LogP contribution in [0.2, 0.25) is 5.02 Å². The lowest BCUT2D eigenvalue weighted by Gasteiger charge is -2.07. The van der Waals surface area contributed by atoms with E-state index < -0.39 is 11.8 Å². The zero-order valence-corrected chi connectivity index (χ0v) is 14.2. The first-order chi connectivity index (χ1) is 11.5. The summed E-state index contributed by atoms with van der Waals surface area (Å²) >= 11 is 6.87. The van der Waals surface area contributed by atoms with Crippen molar-refractivity contribution in [3.8, 4) is 0 Å². The molecule has 4 nitrogen and oxygen atoms in total. The van der Waals surface area contributed by atoms with Gasteiger partial charge in [0.1, 0.15) is 12.4 Å². The minimum Gasteiger partial charge on any atom is -0.460 e. The van der Waals surface area contributed by atoms with Crippen molar-refractivity contribution in [2.45, 2.75) is 6.61 Å². The van der Waals surface area contributed by atoms with Crippen molar-refractivity contribution in [2.75, 3.05) is 16.8 Å². The summed E-state index contributed by atoms with van der Waals surface area (Å²) in [6.07, 6.45) is 0. The molecule has 0 aliphatic heterocycles. The van der Waals surface area contributed by atoms with E-state index in [-0.39, 0.29) is 29.7 Å². The number of nitrogens with one attached hydrogen (secondary N) is 1. The Morgan fingerprint density at radius 2 is 1.79 bits per heavy atom. The van der Waals surface area contributed by atoms with Gasteiger partial charge in [-0.1, -0.05) is 35.9 Å². The van der Waals surface area contributed by atoms with Gasteiger partial charge >= 0.3 is 5.97 Å². The molecule has 2 aromatic rings. The fourth-order valence-electron chi connectivity index (χ4n) is 1.76. The predicted molar refractivity (Wildman–Crippen MR) is 93.6 cm³/mol. The Labute approximate surface area is 148 Å². The van der Waals surface area contributed by atoms with Crippen molar-refractivity contribution in [2.24, 2.45) is 0 Å². The van der Waals surface area contributed by atoms with Crippen LogP contribution in [0, 0.1) is 5.82 Å². The Bertz CT molecular complexity index is 709. The molecule has 0 fully saturated rings. The molecule has 7 heteroatoms. The maximum Gasteiger partial charge on any atom is 0.316 e. The Kier molecular flexibility index (Phi) is 7.08. The van der Waals surface area contributed by atoms with E-state index in [1.807, 2.05) is 0 Å². The number of carbonyl (C=O) groups is 2. The average Bonchev–Trinajstić information content (AvgIpc) is 2.56. The lowest BCUT2D eigenvalue weighted by molar-refractivity contribution is -0.141. The molecule has 0 radical (unpaired) electrons. The number of rotatable bonds is 7. The van der Waals surface area contributed by atoms with Gasteiger partial charge in [-0.2, -0.15) is 0 Å². The van der Waals surface area contributed by atoms with Gasteiger partial charge in [0.2, 0.25) is 5.91 Å². The Morgan fingerprint density at radius 1 is 1.08 bits per heavy atom. The summed E-state index contributed by atoms with van der Waals surface area (Å²) in [6.45, 7) is 0.151. The lowest BCUT2D eigenvalue weighted by Crippen LogP contribution is -2.17. The molecule has 1 amide bonds. The SMILES string of the molecule is O=C(CSCC(=O)OCc1ccc(Cl)cc1)Nc1ccccc1F. The van der Waals surface area contributed by atoms with E-state index in [4.69, 9.17) is 16.3 Å². The molecule has 0 aliphatic rings. The van der Waals surface area contributed by atoms with Gasteiger partial charge < -0.3 is 10.1 Å². The molecule has 0 bridgehead atoms. The number of hydrogen-bond acceptors (Lipinski definition) is 4. The number of carbonyl (C=O) groups excluding carboxylic acids is 2. The number of halogens is 2. The molecular weight excluding hydrogens is 353 g/mol. The van der Waals surface area contributed by atoms with Crippen LogP contribution in [0.3, 0.4) is 0 Å². The van der Waals surface area contributed by atoms with Crippen LogP contribution in [0.5, 0.6) is 0 Å². The van der Waals surface area contributed by atoms with Gasteiger partial charge in [0.25, 0.3) is 0 Å². The van der Waals surface area contributed by atoms with Crippen LogP contribution < -0.4 is 5.32 Å². The molecule has 0 atom stereocenters. The first-order valence-corrected chi connectivity index (χ1v) is 8.60. The zero-order chi connectivity index (χ0) is 17.4. The highest BCUT2D eigenvalue weighted by molar-refractivity contribution is 8.00. The molecule has 0 heterocycles. The number of benzene rings is 2. The van der Waals surface area contributed by atoms with Crippen LogP contribution in [0.1, 0.15) is 5.56 Å². The summed E-state index contributed by atoms with van der Waals surface area (Å²) in [4.78, 5) is 23.3. The summed E-state index contributed by atoms with van der Waals surface area (Å²) in [5, 5.41) is 3.06. The van der Waals surface area contributed by atoms with Crippen LogP contribution in [-0.4, -0.2) is 23.4 Å². The highest BCUT2D eigenvalue weighted by atomic mass is 35.5. The fraction of sp³-hybridized carbons (Fsp3) is 0.176. The Morgan fingerprint density at radius 3 is 2.50 bits per heavy atom. The van der Waals surface area contributed by atoms with Gasteiger partial charge in [-0.25, -0.2) is 4.39 Å². The van der Waals surface area contributed by atoms with Crippen molar-refractivity contribution in [1.29, 1.82) is 0 Å². The number of hydrogen-bond donors (Lipinski definition) is 1. The van der Waals surface area contributed by atoms with E-state index >= 15 is 0 Å². The van der Waals surface area contributed by atoms with Gasteiger partial charge in [-0.05, 0) is 29.8 Å². The van der Waals surface area contributed by atoms with Crippen LogP contribution in [0.25, 0.3) is 0 Å². The molecule has 0 spiro atoms. The number of esters is 1. The minimum atomic E-state index is -0.502. The molecule has 126 valence electrons. The molecule has 0 unspecified atom stereocenters. The summed E-state index contributed by atoms with van der Waals surface area (Å²) in [5.74, 6) is -1.23. The van der Waals surface area contributed by atoms with E-state index in [1.165, 1.54) is 18.2 Å². The van der Waals surface area contributed by atoms with Gasteiger partial charge in [0.05, 0.1) is 17.2 Å². The monoisotopic (exact) mass is 367 g/mol. The van der Waals surface area contributed by atoms with Crippen molar-refractivity contribution >= 4 is 40.9 Å². The molecule has 2 rings (SSSR count). The highest BCUT2D eigenvalue weighted by Crippen LogP contribution is 2.13. The Balaban J connectivity index is 1.66. The molecule has 1 N–H and O–H groups in total. The maximum absolute atomic E-state index is 13.4. The number of ether oxygens (including phenoxy) is 1. The fourth-order valence-corrected chi connectivity index (χ4v) is 2.50. The summed E-state index contributed by atoms with van der Waals surface area (Å²) in [7, 11) is 0. The molecular formula is C17H15ClFNO3S. The first-order valence-electron chi connectivity index (χ1n) is 7.07. The zero-order valence-electron chi connectivity index (χ0n) is 12.6. The molecule has 24 heavy (non-hydrogen) atoms. The summed E-state index contributed by atoms with van der Waals surface area (Å²) < 4.78 is 18.5. The smallest absolute Gasteiger partial charge is 0.316 e. The lowest BCUT2D eigenvalue weighted by atomic mass is 10.2. The third-order valence-corrected chi connectivity index (χ3v) is 4.07. The summed E-state index contributed by atoms with van der Waals surface area (Å²) in [5.41, 5.74) is 0.948. The number of amides is 1. The van der Waals surface area contributed by atoms with Crippen molar-refractivity contribution < 1.29 is 18.7 Å². The molecule has 0 saturated carbocycles. The molecule has 2 aromatic carbocycles. The molecule has 0 saturated heterocycles. The quantitative estimate of drug-likeness (QED) is 0.754. The van der Waals surface area contributed by atoms with Crippen LogP contribution in [0.4, 0.5) is 10.1 Å². The van der Waals surface area contributed by atoms with E-state index in [0.29, 0.717) is 5.02 Å². The largest absolute Gasteiger partial charge is 0.460 e. The maximum atomic E-state index is 13.4. The van der Waals surface area contributed by atoms with Crippen molar-refractivity contribution in [3.63, 3.8) is 0 Å². The predicted octanol–water partition coefficient (Wildman–Crippen LogP) is 3.89. The summed E-state index contributed by atoms with van der Waals surface area (Å²) in [6, 6.07) is 12.9. The molecule has 0 aliphatic carbocycles. The minimum absolute atomic E-state index is 0.0321. The number of para-hydroxylation sites is 1. The Hall–Kier alpha value is -2.05. The van der Waals surface area contributed by atoms with E-state index in [0.717, 1.165) is 17.3 Å². The number of anilines is 1. The van der Waals surface area contributed by atoms with Gasteiger partial charge in [0, 0.05) is 5.02 Å². The van der Waals surface area contributed by atoms with Crippen LogP contribution in [-0.2, 0) is 20.9 Å². The standard InChI is InChI=1S/C17H15ClFNO3S/c18-13-7-5-12(6-8-13)9-23-17(22)11-24-10-16(21)20-15-4-2-1-3-14(15)19/h1-8H,9-11H2,(H,20,21). The third-order valence-electron chi connectivity index (χ3n) is 2.91. The van der Waals surface area contributed by atoms with Gasteiger partial charge in [0.15, 0.2) is 0 Å². The van der Waals surface area contributed by atoms with Crippen molar-refractivity contribution in [3.05, 3.63) is 64.9 Å². The third kappa shape index (κ3) is 6.22. The normalized spacial score (nSPS) is 10.2. The van der Waals surface area contributed by atoms with Crippen molar-refractivity contribution in [1.82, 2.24) is 0 Å². The van der Waals surface area contributed by atoms with Gasteiger partial charge in [-0.3, -0.25) is 9.59 Å². The second-order valence-electron chi connectivity index (χ2n) is 4.81. The van der Waals surface area contributed by atoms with Crippen LogP contribution in [0.15, 0.2) is 48.5 Å². The van der Waals surface area contributed by atoms with E-state index in [9.17, 15) is 14.0 Å². The number of thioether (sulfide) groups is 1. The second kappa shape index (κ2) is 9.30. The average molecular weight is 368 g/mol. The first kappa shape index (κ1) is 18.3.